The van der Waals surface area contributed by atoms with Crippen LogP contribution in [0.5, 0.6) is 5.75 Å². The van der Waals surface area contributed by atoms with Crippen LogP contribution in [0.2, 0.25) is 0 Å². The minimum absolute atomic E-state index is 0.0538. The zero-order valence-electron chi connectivity index (χ0n) is 16.1. The molecule has 28 heavy (non-hydrogen) atoms. The zero-order chi connectivity index (χ0) is 20.5. The van der Waals surface area contributed by atoms with E-state index in [4.69, 9.17) is 4.74 Å². The molecule has 0 saturated carbocycles. The van der Waals surface area contributed by atoms with Crippen LogP contribution in [-0.4, -0.2) is 38.9 Å². The second kappa shape index (κ2) is 7.75. The summed E-state index contributed by atoms with van der Waals surface area (Å²) in [4.78, 5) is 24.1. The Balaban J connectivity index is 1.69. The molecule has 0 aromatic heterocycles. The molecule has 2 aromatic carbocycles. The van der Waals surface area contributed by atoms with Crippen LogP contribution in [0.3, 0.4) is 0 Å². The molecule has 0 radical (unpaired) electrons. The van der Waals surface area contributed by atoms with Crippen LogP contribution >= 0.6 is 0 Å². The second-order valence-electron chi connectivity index (χ2n) is 6.97. The summed E-state index contributed by atoms with van der Waals surface area (Å²) in [5.41, 5.74) is 2.57. The molecule has 3 rings (SSSR count). The molecule has 1 aliphatic heterocycles. The number of Topliss-reactive ketones (excluding diaryl/α,β-unsaturated/α-hetero) is 2. The van der Waals surface area contributed by atoms with Crippen molar-refractivity contribution in [3.05, 3.63) is 59.2 Å². The Morgan fingerprint density at radius 2 is 1.71 bits per heavy atom. The summed E-state index contributed by atoms with van der Waals surface area (Å²) >= 11 is 0. The van der Waals surface area contributed by atoms with Crippen LogP contribution in [0.4, 0.5) is 5.69 Å². The Morgan fingerprint density at radius 1 is 1.07 bits per heavy atom. The smallest absolute Gasteiger partial charge is 0.232 e. The minimum atomic E-state index is -3.36. The van der Waals surface area contributed by atoms with Gasteiger partial charge < -0.3 is 4.74 Å². The predicted molar refractivity (Wildman–Crippen MR) is 108 cm³/mol. The van der Waals surface area contributed by atoms with Crippen molar-refractivity contribution in [3.63, 3.8) is 0 Å². The fourth-order valence-corrected chi connectivity index (χ4v) is 4.72. The fourth-order valence-electron chi connectivity index (χ4n) is 3.45. The molecule has 0 spiro atoms. The van der Waals surface area contributed by atoms with Crippen molar-refractivity contribution >= 4 is 27.3 Å². The number of ketones is 2. The van der Waals surface area contributed by atoms with Crippen molar-refractivity contribution in [1.29, 1.82) is 0 Å². The third-order valence-corrected chi connectivity index (χ3v) is 6.05. The highest BCUT2D eigenvalue weighted by molar-refractivity contribution is 7.92. The molecular weight excluding hydrogens is 378 g/mol. The highest BCUT2D eigenvalue weighted by Crippen LogP contribution is 2.34. The molecule has 0 saturated heterocycles. The van der Waals surface area contributed by atoms with Crippen LogP contribution in [0.15, 0.2) is 42.5 Å². The molecular formula is C21H23NO5S. The molecule has 0 fully saturated rings. The van der Waals surface area contributed by atoms with E-state index in [1.54, 1.807) is 49.4 Å². The van der Waals surface area contributed by atoms with E-state index >= 15 is 0 Å². The zero-order valence-corrected chi connectivity index (χ0v) is 17.0. The van der Waals surface area contributed by atoms with Crippen molar-refractivity contribution < 1.29 is 22.7 Å². The Hall–Kier alpha value is -2.67. The van der Waals surface area contributed by atoms with Gasteiger partial charge in [-0.25, -0.2) is 8.42 Å². The Kier molecular flexibility index (Phi) is 5.56. The molecule has 1 aliphatic rings. The SMILES string of the molecule is CCC(=O)c1ccc(OCC(=O)c2ccc3c(c2)C[C@H](C)N3S(C)(=O)=O)cc1. The number of carbonyl (C=O) groups is 2. The average molecular weight is 401 g/mol. The number of rotatable bonds is 7. The van der Waals surface area contributed by atoms with Gasteiger partial charge in [-0.15, -0.1) is 0 Å². The monoisotopic (exact) mass is 401 g/mol. The lowest BCUT2D eigenvalue weighted by Crippen LogP contribution is -2.34. The van der Waals surface area contributed by atoms with E-state index in [0.29, 0.717) is 35.4 Å². The number of nitrogens with zero attached hydrogens (tertiary/aromatic N) is 1. The summed E-state index contributed by atoms with van der Waals surface area (Å²) in [6.07, 6.45) is 2.19. The number of sulfonamides is 1. The first-order valence-corrected chi connectivity index (χ1v) is 11.0. The summed E-state index contributed by atoms with van der Waals surface area (Å²) < 4.78 is 30.9. The minimum Gasteiger partial charge on any atom is -0.485 e. The van der Waals surface area contributed by atoms with Gasteiger partial charge in [0.1, 0.15) is 5.75 Å². The lowest BCUT2D eigenvalue weighted by Gasteiger charge is -2.21. The molecule has 7 heteroatoms. The highest BCUT2D eigenvalue weighted by Gasteiger charge is 2.32. The lowest BCUT2D eigenvalue weighted by atomic mass is 10.0. The quantitative estimate of drug-likeness (QED) is 0.665. The van der Waals surface area contributed by atoms with Crippen LogP contribution < -0.4 is 9.04 Å². The van der Waals surface area contributed by atoms with Crippen LogP contribution in [0.1, 0.15) is 46.5 Å². The predicted octanol–water partition coefficient (Wildman–Crippen LogP) is 3.25. The molecule has 148 valence electrons. The summed E-state index contributed by atoms with van der Waals surface area (Å²) in [7, 11) is -3.36. The van der Waals surface area contributed by atoms with Gasteiger partial charge in [0.25, 0.3) is 0 Å². The highest BCUT2D eigenvalue weighted by atomic mass is 32.2. The topological polar surface area (TPSA) is 80.8 Å². The Bertz CT molecular complexity index is 1010. The van der Waals surface area contributed by atoms with Gasteiger partial charge in [0.15, 0.2) is 18.2 Å². The molecule has 0 unspecified atom stereocenters. The maximum absolute atomic E-state index is 12.5. The van der Waals surface area contributed by atoms with Crippen molar-refractivity contribution in [2.45, 2.75) is 32.7 Å². The number of anilines is 1. The van der Waals surface area contributed by atoms with Crippen LogP contribution in [0.25, 0.3) is 0 Å². The largest absolute Gasteiger partial charge is 0.485 e. The standard InChI is InChI=1S/C21H23NO5S/c1-4-20(23)15-5-8-18(9-6-15)27-13-21(24)16-7-10-19-17(12-16)11-14(2)22(19)28(3,25)26/h5-10,12,14H,4,11,13H2,1-3H3/t14-/m0/s1. The van der Waals surface area contributed by atoms with E-state index in [9.17, 15) is 18.0 Å². The third kappa shape index (κ3) is 4.09. The van der Waals surface area contributed by atoms with Crippen molar-refractivity contribution in [2.24, 2.45) is 0 Å². The molecule has 0 bridgehead atoms. The normalized spacial score (nSPS) is 16.0. The fraction of sp³-hybridized carbons (Fsp3) is 0.333. The molecule has 2 aromatic rings. The average Bonchev–Trinajstić information content (AvgIpc) is 3.00. The van der Waals surface area contributed by atoms with Crippen LogP contribution in [0, 0.1) is 0 Å². The lowest BCUT2D eigenvalue weighted by molar-refractivity contribution is 0.0920. The van der Waals surface area contributed by atoms with Crippen molar-refractivity contribution in [3.8, 4) is 5.75 Å². The Morgan fingerprint density at radius 3 is 2.32 bits per heavy atom. The number of ether oxygens (including phenoxy) is 1. The second-order valence-corrected chi connectivity index (χ2v) is 8.83. The first-order valence-electron chi connectivity index (χ1n) is 9.12. The van der Waals surface area contributed by atoms with Crippen molar-refractivity contribution in [1.82, 2.24) is 0 Å². The van der Waals surface area contributed by atoms with Gasteiger partial charge in [0.2, 0.25) is 10.0 Å². The van der Waals surface area contributed by atoms with E-state index in [0.717, 1.165) is 5.56 Å². The summed E-state index contributed by atoms with van der Waals surface area (Å²) in [5.74, 6) is 0.374. The first-order chi connectivity index (χ1) is 13.2. The van der Waals surface area contributed by atoms with Gasteiger partial charge in [0.05, 0.1) is 11.9 Å². The molecule has 0 amide bonds. The number of benzene rings is 2. The number of fused-ring (bicyclic) bond motifs is 1. The molecule has 6 nitrogen and oxygen atoms in total. The molecule has 0 N–H and O–H groups in total. The third-order valence-electron chi connectivity index (χ3n) is 4.78. The molecule has 1 heterocycles. The summed E-state index contributed by atoms with van der Waals surface area (Å²) in [6.45, 7) is 3.52. The molecule has 0 aliphatic carbocycles. The van der Waals surface area contributed by atoms with Gasteiger partial charge >= 0.3 is 0 Å². The first kappa shape index (κ1) is 20.1. The number of hydrogen-bond acceptors (Lipinski definition) is 5. The van der Waals surface area contributed by atoms with Gasteiger partial charge in [-0.3, -0.25) is 13.9 Å². The van der Waals surface area contributed by atoms with Crippen LogP contribution in [-0.2, 0) is 16.4 Å². The van der Waals surface area contributed by atoms with Crippen molar-refractivity contribution in [2.75, 3.05) is 17.2 Å². The number of hydrogen-bond donors (Lipinski definition) is 0. The maximum atomic E-state index is 12.5. The van der Waals surface area contributed by atoms with E-state index in [1.807, 2.05) is 6.92 Å². The molecule has 1 atom stereocenters. The van der Waals surface area contributed by atoms with Gasteiger partial charge in [-0.05, 0) is 61.4 Å². The summed E-state index contributed by atoms with van der Waals surface area (Å²) in [5, 5.41) is 0. The van der Waals surface area contributed by atoms with E-state index in [-0.39, 0.29) is 24.2 Å². The maximum Gasteiger partial charge on any atom is 0.232 e. The van der Waals surface area contributed by atoms with E-state index in [2.05, 4.69) is 0 Å². The van der Waals surface area contributed by atoms with Gasteiger partial charge in [0, 0.05) is 23.6 Å². The number of carbonyl (C=O) groups excluding carboxylic acids is 2. The Labute approximate surface area is 165 Å². The van der Waals surface area contributed by atoms with Gasteiger partial charge in [-0.1, -0.05) is 6.92 Å². The van der Waals surface area contributed by atoms with E-state index < -0.39 is 10.0 Å². The van der Waals surface area contributed by atoms with E-state index in [1.165, 1.54) is 10.6 Å². The summed E-state index contributed by atoms with van der Waals surface area (Å²) in [6, 6.07) is 11.6. The van der Waals surface area contributed by atoms with Gasteiger partial charge in [-0.2, -0.15) is 0 Å².